The van der Waals surface area contributed by atoms with E-state index in [1.165, 1.54) is 6.33 Å². The summed E-state index contributed by atoms with van der Waals surface area (Å²) >= 11 is 0. The van der Waals surface area contributed by atoms with Crippen LogP contribution in [0.5, 0.6) is 0 Å². The predicted octanol–water partition coefficient (Wildman–Crippen LogP) is 1.51. The molecule has 0 saturated carbocycles. The van der Waals surface area contributed by atoms with Crippen molar-refractivity contribution < 1.29 is 0 Å². The van der Waals surface area contributed by atoms with Crippen LogP contribution in [0, 0.1) is 29.6 Å². The maximum absolute atomic E-state index is 9.04. The van der Waals surface area contributed by atoms with Crippen molar-refractivity contribution in [1.29, 1.82) is 10.5 Å². The number of nitriles is 2. The summed E-state index contributed by atoms with van der Waals surface area (Å²) in [7, 11) is 0. The molecule has 5 nitrogen and oxygen atoms in total. The number of aromatic nitrogens is 2. The van der Waals surface area contributed by atoms with Crippen LogP contribution in [0.3, 0.4) is 0 Å². The van der Waals surface area contributed by atoms with E-state index in [2.05, 4.69) is 4.98 Å². The van der Waals surface area contributed by atoms with Crippen LogP contribution in [0.25, 0.3) is 5.69 Å². The Hall–Kier alpha value is -2.79. The lowest BCUT2D eigenvalue weighted by molar-refractivity contribution is 1.02. The van der Waals surface area contributed by atoms with Gasteiger partial charge in [-0.1, -0.05) is 0 Å². The lowest BCUT2D eigenvalue weighted by Crippen LogP contribution is -2.00. The summed E-state index contributed by atoms with van der Waals surface area (Å²) in [5.74, 6) is 0. The molecule has 0 atom stereocenters. The Labute approximate surface area is 98.3 Å². The molecule has 0 fully saturated rings. The molecule has 17 heavy (non-hydrogen) atoms. The summed E-state index contributed by atoms with van der Waals surface area (Å²) < 4.78 is 1.59. The largest absolute Gasteiger partial charge is 0.399 e. The normalized spacial score (nSPS) is 9.59. The molecule has 2 rings (SSSR count). The number of imidazole rings is 1. The highest BCUT2D eigenvalue weighted by molar-refractivity contribution is 5.53. The Balaban J connectivity index is 2.66. The molecule has 0 bridgehead atoms. The number of nitrogens with two attached hydrogens (primary N) is 1. The molecule has 0 unspecified atom stereocenters. The van der Waals surface area contributed by atoms with E-state index in [9.17, 15) is 0 Å². The van der Waals surface area contributed by atoms with Gasteiger partial charge in [-0.25, -0.2) is 4.98 Å². The Morgan fingerprint density at radius 1 is 1.29 bits per heavy atom. The first kappa shape index (κ1) is 10.7. The molecule has 82 valence electrons. The molecule has 2 N–H and O–H groups in total. The average Bonchev–Trinajstić information content (AvgIpc) is 2.71. The lowest BCUT2D eigenvalue weighted by atomic mass is 10.1. The molecule has 2 aromatic rings. The summed E-state index contributed by atoms with van der Waals surface area (Å²) in [6.07, 6.45) is 1.47. The smallest absolute Gasteiger partial charge is 0.177 e. The molecular weight excluding hydrogens is 214 g/mol. The maximum atomic E-state index is 9.04. The molecular formula is C12H9N5. The van der Waals surface area contributed by atoms with E-state index in [0.717, 1.165) is 11.3 Å². The topological polar surface area (TPSA) is 91.4 Å². The number of aryl methyl sites for hydroxylation is 1. The van der Waals surface area contributed by atoms with Crippen LogP contribution in [-0.2, 0) is 0 Å². The van der Waals surface area contributed by atoms with Crippen LogP contribution in [0.2, 0.25) is 0 Å². The fraction of sp³-hybridized carbons (Fsp3) is 0.0833. The molecule has 0 aliphatic rings. The summed E-state index contributed by atoms with van der Waals surface area (Å²) in [6, 6.07) is 9.22. The number of benzene rings is 1. The van der Waals surface area contributed by atoms with Crippen LogP contribution >= 0.6 is 0 Å². The van der Waals surface area contributed by atoms with Gasteiger partial charge in [-0.05, 0) is 30.7 Å². The first-order chi connectivity index (χ1) is 8.17. The van der Waals surface area contributed by atoms with E-state index < -0.39 is 0 Å². The summed E-state index contributed by atoms with van der Waals surface area (Å²) in [4.78, 5) is 3.89. The van der Waals surface area contributed by atoms with E-state index in [-0.39, 0.29) is 11.4 Å². The van der Waals surface area contributed by atoms with Crippen molar-refractivity contribution in [3.63, 3.8) is 0 Å². The third-order valence-corrected chi connectivity index (χ3v) is 2.46. The average molecular weight is 223 g/mol. The Kier molecular flexibility index (Phi) is 2.52. The van der Waals surface area contributed by atoms with Gasteiger partial charge in [0.05, 0.1) is 5.69 Å². The highest BCUT2D eigenvalue weighted by Gasteiger charge is 2.12. The van der Waals surface area contributed by atoms with Gasteiger partial charge in [0.2, 0.25) is 0 Å². The fourth-order valence-corrected chi connectivity index (χ4v) is 1.67. The van der Waals surface area contributed by atoms with Gasteiger partial charge in [0.15, 0.2) is 11.4 Å². The van der Waals surface area contributed by atoms with Crippen LogP contribution in [0.4, 0.5) is 5.69 Å². The van der Waals surface area contributed by atoms with Crippen molar-refractivity contribution in [2.75, 3.05) is 5.73 Å². The van der Waals surface area contributed by atoms with Crippen molar-refractivity contribution in [2.45, 2.75) is 6.92 Å². The number of hydrogen-bond acceptors (Lipinski definition) is 4. The van der Waals surface area contributed by atoms with Crippen molar-refractivity contribution in [3.8, 4) is 17.8 Å². The minimum absolute atomic E-state index is 0.128. The van der Waals surface area contributed by atoms with Gasteiger partial charge >= 0.3 is 0 Å². The zero-order valence-corrected chi connectivity index (χ0v) is 9.18. The molecule has 0 radical (unpaired) electrons. The number of hydrogen-bond donors (Lipinski definition) is 1. The van der Waals surface area contributed by atoms with Crippen molar-refractivity contribution in [1.82, 2.24) is 9.55 Å². The van der Waals surface area contributed by atoms with Crippen LogP contribution < -0.4 is 5.73 Å². The molecule has 1 aromatic carbocycles. The summed E-state index contributed by atoms with van der Waals surface area (Å²) in [5.41, 5.74) is 8.40. The molecule has 0 amide bonds. The first-order valence-corrected chi connectivity index (χ1v) is 4.91. The third-order valence-electron chi connectivity index (χ3n) is 2.46. The van der Waals surface area contributed by atoms with Crippen LogP contribution in [-0.4, -0.2) is 9.55 Å². The summed E-state index contributed by atoms with van der Waals surface area (Å²) in [5, 5.41) is 17.9. The Morgan fingerprint density at radius 2 is 2.06 bits per heavy atom. The van der Waals surface area contributed by atoms with E-state index in [4.69, 9.17) is 16.3 Å². The zero-order chi connectivity index (χ0) is 12.4. The minimum atomic E-state index is 0.128. The SMILES string of the molecule is Cc1cc(N)ccc1-n1cnc(C#N)c1C#N. The number of nitrogen functional groups attached to an aromatic ring is 1. The molecule has 0 spiro atoms. The zero-order valence-electron chi connectivity index (χ0n) is 9.18. The molecule has 5 heteroatoms. The van der Waals surface area contributed by atoms with Gasteiger partial charge in [0.1, 0.15) is 18.5 Å². The van der Waals surface area contributed by atoms with Crippen LogP contribution in [0.15, 0.2) is 24.5 Å². The van der Waals surface area contributed by atoms with Gasteiger partial charge in [-0.3, -0.25) is 4.57 Å². The highest BCUT2D eigenvalue weighted by Crippen LogP contribution is 2.19. The van der Waals surface area contributed by atoms with E-state index in [0.29, 0.717) is 5.69 Å². The van der Waals surface area contributed by atoms with E-state index >= 15 is 0 Å². The van der Waals surface area contributed by atoms with Crippen LogP contribution in [0.1, 0.15) is 17.0 Å². The quantitative estimate of drug-likeness (QED) is 0.741. The molecule has 0 aliphatic carbocycles. The number of anilines is 1. The molecule has 1 aromatic heterocycles. The van der Waals surface area contributed by atoms with E-state index in [1.54, 1.807) is 16.7 Å². The second-order valence-corrected chi connectivity index (χ2v) is 3.58. The molecule has 0 aliphatic heterocycles. The second-order valence-electron chi connectivity index (χ2n) is 3.58. The van der Waals surface area contributed by atoms with Crippen molar-refractivity contribution in [3.05, 3.63) is 41.5 Å². The van der Waals surface area contributed by atoms with Gasteiger partial charge in [-0.2, -0.15) is 10.5 Å². The second kappa shape index (κ2) is 3.99. The van der Waals surface area contributed by atoms with Gasteiger partial charge in [-0.15, -0.1) is 0 Å². The minimum Gasteiger partial charge on any atom is -0.399 e. The van der Waals surface area contributed by atoms with Gasteiger partial charge in [0, 0.05) is 5.69 Å². The monoisotopic (exact) mass is 223 g/mol. The van der Waals surface area contributed by atoms with Crippen molar-refractivity contribution >= 4 is 5.69 Å². The number of rotatable bonds is 1. The third kappa shape index (κ3) is 1.70. The first-order valence-electron chi connectivity index (χ1n) is 4.91. The molecule has 1 heterocycles. The molecule has 0 saturated heterocycles. The van der Waals surface area contributed by atoms with Gasteiger partial charge in [0.25, 0.3) is 0 Å². The van der Waals surface area contributed by atoms with E-state index in [1.807, 2.05) is 25.1 Å². The Bertz CT molecular complexity index is 655. The van der Waals surface area contributed by atoms with Gasteiger partial charge < -0.3 is 5.73 Å². The lowest BCUT2D eigenvalue weighted by Gasteiger charge is -2.08. The maximum Gasteiger partial charge on any atom is 0.177 e. The predicted molar refractivity (Wildman–Crippen MR) is 62.1 cm³/mol. The standard InChI is InChI=1S/C12H9N5/c1-8-4-9(15)2-3-11(8)17-7-16-10(5-13)12(17)6-14/h2-4,7H,15H2,1H3. The Morgan fingerprint density at radius 3 is 2.65 bits per heavy atom. The highest BCUT2D eigenvalue weighted by atomic mass is 15.1. The van der Waals surface area contributed by atoms with Crippen molar-refractivity contribution in [2.24, 2.45) is 0 Å². The fourth-order valence-electron chi connectivity index (χ4n) is 1.67. The summed E-state index contributed by atoms with van der Waals surface area (Å²) in [6.45, 7) is 1.89. The number of nitrogens with zero attached hydrogens (tertiary/aromatic N) is 4.